The summed E-state index contributed by atoms with van der Waals surface area (Å²) in [6.07, 6.45) is 16.1. The molecule has 190 valence electrons. The van der Waals surface area contributed by atoms with Crippen molar-refractivity contribution in [3.05, 3.63) is 61.4 Å². The highest BCUT2D eigenvalue weighted by molar-refractivity contribution is 5.79. The summed E-state index contributed by atoms with van der Waals surface area (Å²) in [7, 11) is 1.91. The molecule has 1 aliphatic carbocycles. The van der Waals surface area contributed by atoms with E-state index in [1.807, 2.05) is 54.8 Å². The number of aryl methyl sites for hydroxylation is 1. The molecular formula is C28H31N7O2. The number of ether oxygens (including phenoxy) is 1. The fourth-order valence-electron chi connectivity index (χ4n) is 5.29. The van der Waals surface area contributed by atoms with Crippen LogP contribution in [0.4, 0.5) is 0 Å². The fourth-order valence-corrected chi connectivity index (χ4v) is 5.29. The van der Waals surface area contributed by atoms with Crippen molar-refractivity contribution in [1.82, 2.24) is 34.8 Å². The van der Waals surface area contributed by atoms with Crippen molar-refractivity contribution < 1.29 is 9.53 Å². The zero-order valence-corrected chi connectivity index (χ0v) is 21.0. The van der Waals surface area contributed by atoms with Crippen molar-refractivity contribution in [3.63, 3.8) is 0 Å². The Kier molecular flexibility index (Phi) is 6.53. The summed E-state index contributed by atoms with van der Waals surface area (Å²) in [5.74, 6) is 0.949. The number of hydrogen-bond donors (Lipinski definition) is 1. The summed E-state index contributed by atoms with van der Waals surface area (Å²) in [5, 5.41) is 12.0. The molecule has 9 nitrogen and oxygen atoms in total. The highest BCUT2D eigenvalue weighted by Gasteiger charge is 2.29. The van der Waals surface area contributed by atoms with Gasteiger partial charge >= 0.3 is 0 Å². The van der Waals surface area contributed by atoms with Gasteiger partial charge in [0.25, 0.3) is 0 Å². The summed E-state index contributed by atoms with van der Waals surface area (Å²) in [4.78, 5) is 21.9. The minimum atomic E-state index is 0.0875. The van der Waals surface area contributed by atoms with Crippen molar-refractivity contribution in [2.75, 3.05) is 13.2 Å². The Morgan fingerprint density at radius 1 is 0.892 bits per heavy atom. The van der Waals surface area contributed by atoms with E-state index in [1.165, 1.54) is 0 Å². The van der Waals surface area contributed by atoms with Gasteiger partial charge in [-0.15, -0.1) is 0 Å². The van der Waals surface area contributed by atoms with Crippen LogP contribution in [0, 0.1) is 5.92 Å². The third-order valence-corrected chi connectivity index (χ3v) is 7.46. The molecule has 1 saturated heterocycles. The minimum Gasteiger partial charge on any atom is -0.379 e. The first-order valence-electron chi connectivity index (χ1n) is 13.0. The zero-order valence-electron chi connectivity index (χ0n) is 21.0. The van der Waals surface area contributed by atoms with Crippen LogP contribution in [-0.2, 0) is 16.6 Å². The van der Waals surface area contributed by atoms with Gasteiger partial charge in [0.05, 0.1) is 31.1 Å². The molecule has 0 radical (unpaired) electrons. The molecule has 2 aliphatic rings. The second kappa shape index (κ2) is 10.3. The highest BCUT2D eigenvalue weighted by atomic mass is 16.5. The molecule has 1 atom stereocenters. The molecule has 4 heterocycles. The first-order valence-corrected chi connectivity index (χ1v) is 13.0. The lowest BCUT2D eigenvalue weighted by molar-refractivity contribution is -0.126. The van der Waals surface area contributed by atoms with Gasteiger partial charge in [-0.3, -0.25) is 14.2 Å². The van der Waals surface area contributed by atoms with Gasteiger partial charge in [0.1, 0.15) is 0 Å². The second-order valence-corrected chi connectivity index (χ2v) is 10.1. The Balaban J connectivity index is 1.09. The maximum atomic E-state index is 12.6. The quantitative estimate of drug-likeness (QED) is 0.432. The number of benzene rings is 1. The predicted octanol–water partition coefficient (Wildman–Crippen LogP) is 4.04. The predicted molar refractivity (Wildman–Crippen MR) is 139 cm³/mol. The first kappa shape index (κ1) is 23.5. The molecule has 1 aliphatic heterocycles. The second-order valence-electron chi connectivity index (χ2n) is 10.1. The van der Waals surface area contributed by atoms with E-state index in [1.54, 1.807) is 4.68 Å². The average molecular weight is 498 g/mol. The zero-order chi connectivity index (χ0) is 25.2. The van der Waals surface area contributed by atoms with Crippen molar-refractivity contribution in [1.29, 1.82) is 0 Å². The van der Waals surface area contributed by atoms with Gasteiger partial charge < -0.3 is 10.1 Å². The van der Waals surface area contributed by atoms with E-state index in [2.05, 4.69) is 43.8 Å². The molecule has 0 spiro atoms. The lowest BCUT2D eigenvalue weighted by Crippen LogP contribution is -2.40. The number of amides is 1. The van der Waals surface area contributed by atoms with Crippen LogP contribution < -0.4 is 5.32 Å². The molecule has 1 unspecified atom stereocenters. The van der Waals surface area contributed by atoms with E-state index in [-0.39, 0.29) is 17.9 Å². The SMILES string of the molecule is Cn1cc(-c2cccc(-c3ncc(-c4cnn(C5CCC(C(=O)NC6CCOC6)CC5)c4)cn3)c2)cn1. The highest BCUT2D eigenvalue weighted by Crippen LogP contribution is 2.33. The van der Waals surface area contributed by atoms with Crippen LogP contribution in [0.5, 0.6) is 0 Å². The topological polar surface area (TPSA) is 99.8 Å². The molecule has 1 N–H and O–H groups in total. The van der Waals surface area contributed by atoms with Crippen LogP contribution in [-0.4, -0.2) is 54.7 Å². The standard InChI is InChI=1S/C28H31N7O2/c1-34-16-23(14-31-34)20-3-2-4-21(11-20)27-29-12-22(13-30-27)24-15-32-35(17-24)26-7-5-19(6-8-26)28(36)33-25-9-10-37-18-25/h2-4,11-17,19,25-26H,5-10,18H2,1H3,(H,33,36). The summed E-state index contributed by atoms with van der Waals surface area (Å²) in [6, 6.07) is 8.67. The Morgan fingerprint density at radius 2 is 1.65 bits per heavy atom. The lowest BCUT2D eigenvalue weighted by atomic mass is 9.85. The summed E-state index contributed by atoms with van der Waals surface area (Å²) >= 11 is 0. The Bertz CT molecular complexity index is 1360. The van der Waals surface area contributed by atoms with Gasteiger partial charge in [0.15, 0.2) is 5.82 Å². The van der Waals surface area contributed by atoms with Crippen molar-refractivity contribution in [2.45, 2.75) is 44.2 Å². The maximum Gasteiger partial charge on any atom is 0.223 e. The van der Waals surface area contributed by atoms with Crippen molar-refractivity contribution in [3.8, 4) is 33.6 Å². The van der Waals surface area contributed by atoms with E-state index in [4.69, 9.17) is 4.74 Å². The van der Waals surface area contributed by atoms with Gasteiger partial charge in [-0.2, -0.15) is 10.2 Å². The molecule has 0 bridgehead atoms. The molecule has 9 heteroatoms. The van der Waals surface area contributed by atoms with E-state index in [0.717, 1.165) is 66.5 Å². The molecule has 3 aromatic heterocycles. The van der Waals surface area contributed by atoms with Crippen LogP contribution in [0.2, 0.25) is 0 Å². The van der Waals surface area contributed by atoms with Crippen molar-refractivity contribution >= 4 is 5.91 Å². The summed E-state index contributed by atoms with van der Waals surface area (Å²) < 4.78 is 9.21. The van der Waals surface area contributed by atoms with Crippen LogP contribution >= 0.6 is 0 Å². The van der Waals surface area contributed by atoms with E-state index >= 15 is 0 Å². The molecule has 1 aromatic carbocycles. The molecule has 1 amide bonds. The lowest BCUT2D eigenvalue weighted by Gasteiger charge is -2.28. The number of hydrogen-bond acceptors (Lipinski definition) is 6. The molecule has 37 heavy (non-hydrogen) atoms. The van der Waals surface area contributed by atoms with E-state index in [0.29, 0.717) is 18.5 Å². The van der Waals surface area contributed by atoms with E-state index in [9.17, 15) is 4.79 Å². The van der Waals surface area contributed by atoms with Crippen LogP contribution in [0.3, 0.4) is 0 Å². The summed E-state index contributed by atoms with van der Waals surface area (Å²) in [5.41, 5.74) is 5.04. The Morgan fingerprint density at radius 3 is 2.38 bits per heavy atom. The third kappa shape index (κ3) is 5.17. The van der Waals surface area contributed by atoms with Crippen LogP contribution in [0.15, 0.2) is 61.4 Å². The molecule has 1 saturated carbocycles. The van der Waals surface area contributed by atoms with E-state index < -0.39 is 0 Å². The van der Waals surface area contributed by atoms with Gasteiger partial charge in [-0.1, -0.05) is 18.2 Å². The Hall–Kier alpha value is -3.85. The van der Waals surface area contributed by atoms with Gasteiger partial charge in [0, 0.05) is 66.6 Å². The van der Waals surface area contributed by atoms with Crippen LogP contribution in [0.1, 0.15) is 38.1 Å². The first-order chi connectivity index (χ1) is 18.1. The number of carbonyl (C=O) groups excluding carboxylic acids is 1. The normalized spacial score (nSPS) is 21.7. The minimum absolute atomic E-state index is 0.0875. The monoisotopic (exact) mass is 497 g/mol. The molecular weight excluding hydrogens is 466 g/mol. The molecule has 6 rings (SSSR count). The largest absolute Gasteiger partial charge is 0.379 e. The average Bonchev–Trinajstić information content (AvgIpc) is 3.72. The number of carbonyl (C=O) groups is 1. The Labute approximate surface area is 215 Å². The fraction of sp³-hybridized carbons (Fsp3) is 0.393. The van der Waals surface area contributed by atoms with Crippen LogP contribution in [0.25, 0.3) is 33.6 Å². The van der Waals surface area contributed by atoms with Crippen molar-refractivity contribution in [2.24, 2.45) is 13.0 Å². The van der Waals surface area contributed by atoms with Gasteiger partial charge in [0.2, 0.25) is 5.91 Å². The summed E-state index contributed by atoms with van der Waals surface area (Å²) in [6.45, 7) is 1.38. The number of rotatable bonds is 6. The van der Waals surface area contributed by atoms with Gasteiger partial charge in [-0.05, 0) is 43.7 Å². The molecule has 4 aromatic rings. The number of nitrogens with zero attached hydrogens (tertiary/aromatic N) is 6. The number of nitrogens with one attached hydrogen (secondary N) is 1. The third-order valence-electron chi connectivity index (χ3n) is 7.46. The molecule has 2 fully saturated rings. The maximum absolute atomic E-state index is 12.6. The van der Waals surface area contributed by atoms with Gasteiger partial charge in [-0.25, -0.2) is 9.97 Å². The number of aromatic nitrogens is 6. The smallest absolute Gasteiger partial charge is 0.223 e.